The predicted octanol–water partition coefficient (Wildman–Crippen LogP) is -1.74. The third kappa shape index (κ3) is 100. The average Bonchev–Trinajstić information content (AvgIpc) is 0. The van der Waals surface area contributed by atoms with Gasteiger partial charge in [0.2, 0.25) is 0 Å². The van der Waals surface area contributed by atoms with E-state index in [9.17, 15) is 0 Å². The summed E-state index contributed by atoms with van der Waals surface area (Å²) < 4.78 is 0. The Bertz CT molecular complexity index is 9.51. The van der Waals surface area contributed by atoms with Gasteiger partial charge in [0.15, 0.2) is 34.7 Å². The van der Waals surface area contributed by atoms with E-state index in [0.29, 0.717) is 0 Å². The molecule has 0 aliphatic rings. The van der Waals surface area contributed by atoms with Crippen LogP contribution >= 0.6 is 0 Å². The average molecular weight is 134 g/mol. The Balaban J connectivity index is 0. The second kappa shape index (κ2) is 192. The minimum Gasteiger partial charge on any atom is -0.344 e. The Kier molecular flexibility index (Phi) is 10500. The molecule has 0 spiro atoms. The van der Waals surface area contributed by atoms with Gasteiger partial charge >= 0.3 is 0 Å². The van der Waals surface area contributed by atoms with E-state index < -0.39 is 0 Å². The Morgan fingerprint density at radius 1 is 0.500 bits per heavy atom. The van der Waals surface area contributed by atoms with Gasteiger partial charge in [-0.05, 0) is 0 Å². The van der Waals surface area contributed by atoms with Crippen molar-refractivity contribution < 1.29 is 9.41 Å². The van der Waals surface area contributed by atoms with E-state index in [2.05, 4.69) is 0 Å². The van der Waals surface area contributed by atoms with Crippen molar-refractivity contribution in [3.8, 4) is 0 Å². The number of rotatable bonds is 0. The fourth-order valence-corrected chi connectivity index (χ4v) is 0. The smallest absolute Gasteiger partial charge is 0.187 e. The monoisotopic (exact) mass is 134 g/mol. The molecule has 0 bridgehead atoms. The lowest BCUT2D eigenvalue weighted by molar-refractivity contribution is 1.11. The van der Waals surface area contributed by atoms with Crippen LogP contribution in [-0.4, -0.2) is 34.7 Å². The van der Waals surface area contributed by atoms with Crippen LogP contribution in [0.3, 0.4) is 0 Å². The highest BCUT2D eigenvalue weighted by atomic mass is 27.0. The minimum atomic E-state index is 0. The first-order chi connectivity index (χ1) is 0. The van der Waals surface area contributed by atoms with Crippen LogP contribution in [0.2, 0.25) is 0 Å². The molecular weight excluding hydrogens is 120 g/mol. The molecular formula is H14Al2F2N2. The molecule has 0 saturated carbocycles. The number of halogens is 2. The maximum Gasteiger partial charge on any atom is 0.187 e. The lowest BCUT2D eigenvalue weighted by Gasteiger charge is -0.345. The SMILES string of the molecule is F.F.N.N.[AlH3].[AlH3]. The molecule has 0 saturated heterocycles. The summed E-state index contributed by atoms with van der Waals surface area (Å²) in [6.07, 6.45) is 0. The first kappa shape index (κ1) is 328. The van der Waals surface area contributed by atoms with Crippen LogP contribution < -0.4 is 12.3 Å². The molecule has 44 valence electrons. The molecule has 0 aromatic rings. The van der Waals surface area contributed by atoms with E-state index in [0.717, 1.165) is 0 Å². The van der Waals surface area contributed by atoms with Crippen LogP contribution in [0.1, 0.15) is 0 Å². The van der Waals surface area contributed by atoms with E-state index in [1.54, 1.807) is 0 Å². The Morgan fingerprint density at radius 2 is 0.500 bits per heavy atom. The molecule has 6 heteroatoms. The van der Waals surface area contributed by atoms with Gasteiger partial charge in [0.1, 0.15) is 0 Å². The van der Waals surface area contributed by atoms with Gasteiger partial charge in [-0.3, -0.25) is 9.41 Å². The third-order valence-electron chi connectivity index (χ3n) is 0. The van der Waals surface area contributed by atoms with Crippen LogP contribution in [0.5, 0.6) is 0 Å². The summed E-state index contributed by atoms with van der Waals surface area (Å²) in [6, 6.07) is 0. The molecule has 0 rings (SSSR count). The summed E-state index contributed by atoms with van der Waals surface area (Å²) in [7, 11) is 0. The quantitative estimate of drug-likeness (QED) is 0.386. The standard InChI is InChI=1S/2Al.2FH.2H3N.6H/h;;2*1H;2*1H3;;;;;;. The van der Waals surface area contributed by atoms with Crippen molar-refractivity contribution in [2.75, 3.05) is 0 Å². The molecule has 0 fully saturated rings. The topological polar surface area (TPSA) is 70.0 Å². The van der Waals surface area contributed by atoms with Crippen molar-refractivity contribution in [1.82, 2.24) is 12.3 Å². The first-order valence-corrected chi connectivity index (χ1v) is 0. The van der Waals surface area contributed by atoms with Crippen molar-refractivity contribution in [2.24, 2.45) is 0 Å². The molecule has 0 aliphatic carbocycles. The maximum absolute atomic E-state index is 0. The van der Waals surface area contributed by atoms with Crippen LogP contribution in [0.25, 0.3) is 0 Å². The number of hydrogen-bond acceptors (Lipinski definition) is 2. The summed E-state index contributed by atoms with van der Waals surface area (Å²) in [6.45, 7) is 0. The van der Waals surface area contributed by atoms with Gasteiger partial charge in [-0.25, -0.2) is 0 Å². The summed E-state index contributed by atoms with van der Waals surface area (Å²) in [5.41, 5.74) is 0. The van der Waals surface area contributed by atoms with E-state index in [-0.39, 0.29) is 56.4 Å². The van der Waals surface area contributed by atoms with Crippen LogP contribution in [0.15, 0.2) is 0 Å². The van der Waals surface area contributed by atoms with E-state index in [1.165, 1.54) is 0 Å². The molecule has 0 radical (unpaired) electrons. The largest absolute Gasteiger partial charge is 0.344 e. The zero-order valence-electron chi connectivity index (χ0n) is 2.23. The zero-order chi connectivity index (χ0) is 0. The Labute approximate surface area is 56.8 Å². The van der Waals surface area contributed by atoms with Gasteiger partial charge in [0.05, 0.1) is 0 Å². The highest BCUT2D eigenvalue weighted by Gasteiger charge is 0.188. The van der Waals surface area contributed by atoms with Gasteiger partial charge in [-0.2, -0.15) is 0 Å². The van der Waals surface area contributed by atoms with Crippen molar-refractivity contribution >= 4 is 34.7 Å². The van der Waals surface area contributed by atoms with Gasteiger partial charge in [0.25, 0.3) is 0 Å². The molecule has 0 heterocycles. The minimum absolute atomic E-state index is 0. The normalized spacial score (nSPS) is 0. The molecule has 0 atom stereocenters. The van der Waals surface area contributed by atoms with E-state index in [1.807, 2.05) is 0 Å². The summed E-state index contributed by atoms with van der Waals surface area (Å²) in [5.74, 6) is 0. The molecule has 0 unspecified atom stereocenters. The van der Waals surface area contributed by atoms with Gasteiger partial charge in [0, 0.05) is 0 Å². The van der Waals surface area contributed by atoms with Gasteiger partial charge in [-0.1, -0.05) is 0 Å². The highest BCUT2D eigenvalue weighted by molar-refractivity contribution is 5.76. The fourth-order valence-electron chi connectivity index (χ4n) is 0. The van der Waals surface area contributed by atoms with E-state index in [4.69, 9.17) is 0 Å². The Hall–Kier alpha value is 0.845. The lowest BCUT2D eigenvalue weighted by Crippen LogP contribution is -0.482. The second-order valence-corrected chi connectivity index (χ2v) is 0. The molecule has 0 amide bonds. The van der Waals surface area contributed by atoms with Gasteiger partial charge in [-0.15, -0.1) is 0 Å². The molecule has 2 nitrogen and oxygen atoms in total. The molecule has 0 aromatic heterocycles. The molecule has 6 heavy (non-hydrogen) atoms. The summed E-state index contributed by atoms with van der Waals surface area (Å²) in [4.78, 5) is 0. The summed E-state index contributed by atoms with van der Waals surface area (Å²) in [5, 5.41) is 0. The van der Waals surface area contributed by atoms with Crippen molar-refractivity contribution in [2.45, 2.75) is 0 Å². The Morgan fingerprint density at radius 3 is 0.500 bits per heavy atom. The zero-order valence-corrected chi connectivity index (χ0v) is 2.23. The third-order valence-corrected chi connectivity index (χ3v) is 0. The molecule has 0 aromatic carbocycles. The maximum atomic E-state index is 0. The predicted molar refractivity (Wildman–Crippen MR) is 34.9 cm³/mol. The van der Waals surface area contributed by atoms with Crippen LogP contribution in [0, 0.1) is 0 Å². The van der Waals surface area contributed by atoms with Crippen LogP contribution in [0.4, 0.5) is 9.41 Å². The summed E-state index contributed by atoms with van der Waals surface area (Å²) >= 11 is 0. The highest BCUT2D eigenvalue weighted by Crippen LogP contribution is 0.421. The molecule has 0 aliphatic heterocycles. The van der Waals surface area contributed by atoms with Crippen molar-refractivity contribution in [1.29, 1.82) is 0 Å². The van der Waals surface area contributed by atoms with Gasteiger partial charge < -0.3 is 12.3 Å². The van der Waals surface area contributed by atoms with Crippen molar-refractivity contribution in [3.05, 3.63) is 0 Å². The van der Waals surface area contributed by atoms with E-state index >= 15 is 0 Å². The first-order valence-electron chi connectivity index (χ1n) is 0. The number of hydrogen-bond donors (Lipinski definition) is 2. The fraction of sp³-hybridized carbons (Fsp3) is 0. The second-order valence-electron chi connectivity index (χ2n) is 0. The lowest BCUT2D eigenvalue weighted by atomic mass is 14.0. The van der Waals surface area contributed by atoms with Crippen LogP contribution in [-0.2, 0) is 0 Å². The van der Waals surface area contributed by atoms with Crippen molar-refractivity contribution in [3.63, 3.8) is 0 Å². The molecule has 6 N–H and O–H groups in total.